The second-order valence-electron chi connectivity index (χ2n) is 4.80. The molecule has 4 unspecified atom stereocenters. The highest BCUT2D eigenvalue weighted by atomic mass is 32.1. The van der Waals surface area contributed by atoms with Crippen LogP contribution in [0, 0.1) is 17.8 Å². The molecule has 0 bridgehead atoms. The molecule has 0 aromatic heterocycles. The first-order valence-corrected chi connectivity index (χ1v) is 6.36. The first kappa shape index (κ1) is 11.4. The molecule has 0 aromatic carbocycles. The summed E-state index contributed by atoms with van der Waals surface area (Å²) < 4.78 is 0. The molecule has 78 valence electrons. The fraction of sp³-hybridized carbons (Fsp3) is 1.00. The molecule has 0 nitrogen and oxygen atoms in total. The predicted molar refractivity (Wildman–Crippen MR) is 63.4 cm³/mol. The zero-order chi connectivity index (χ0) is 9.84. The van der Waals surface area contributed by atoms with Crippen molar-refractivity contribution in [2.45, 2.75) is 58.1 Å². The first-order chi connectivity index (χ1) is 6.16. The summed E-state index contributed by atoms with van der Waals surface area (Å²) in [6.07, 6.45) is 6.96. The Labute approximate surface area is 88.9 Å². The van der Waals surface area contributed by atoms with Crippen molar-refractivity contribution in [2.24, 2.45) is 17.8 Å². The topological polar surface area (TPSA) is 0 Å². The normalized spacial score (nSPS) is 39.7. The zero-order valence-electron chi connectivity index (χ0n) is 9.29. The highest BCUT2D eigenvalue weighted by Crippen LogP contribution is 2.42. The smallest absolute Gasteiger partial charge is 0.00478 e. The van der Waals surface area contributed by atoms with Gasteiger partial charge in [0.1, 0.15) is 0 Å². The quantitative estimate of drug-likeness (QED) is 0.511. The molecule has 13 heavy (non-hydrogen) atoms. The van der Waals surface area contributed by atoms with E-state index in [-0.39, 0.29) is 0 Å². The van der Waals surface area contributed by atoms with Crippen LogP contribution in [0.15, 0.2) is 0 Å². The number of hydrogen-bond donors (Lipinski definition) is 1. The Balaban J connectivity index is 2.31. The minimum absolute atomic E-state index is 0.668. The van der Waals surface area contributed by atoms with Crippen LogP contribution in [0.2, 0.25) is 0 Å². The molecule has 0 amide bonds. The summed E-state index contributed by atoms with van der Waals surface area (Å²) in [5.41, 5.74) is 0. The van der Waals surface area contributed by atoms with Gasteiger partial charge in [-0.15, -0.1) is 0 Å². The molecular weight excluding hydrogens is 176 g/mol. The maximum atomic E-state index is 4.65. The second kappa shape index (κ2) is 5.29. The molecule has 1 fully saturated rings. The third-order valence-corrected chi connectivity index (χ3v) is 4.45. The molecule has 1 aliphatic rings. The largest absolute Gasteiger partial charge is 0.176 e. The minimum Gasteiger partial charge on any atom is -0.176 e. The molecule has 0 aliphatic heterocycles. The van der Waals surface area contributed by atoms with Gasteiger partial charge in [0.2, 0.25) is 0 Å². The summed E-state index contributed by atoms with van der Waals surface area (Å²) >= 11 is 4.65. The van der Waals surface area contributed by atoms with Crippen LogP contribution in [0.25, 0.3) is 0 Å². The van der Waals surface area contributed by atoms with Gasteiger partial charge >= 0.3 is 0 Å². The third-order valence-electron chi connectivity index (χ3n) is 3.77. The molecule has 1 heteroatoms. The van der Waals surface area contributed by atoms with E-state index in [1.807, 2.05) is 0 Å². The molecule has 1 saturated carbocycles. The Morgan fingerprint density at radius 2 is 1.92 bits per heavy atom. The molecule has 0 saturated heterocycles. The van der Waals surface area contributed by atoms with Crippen molar-refractivity contribution in [2.75, 3.05) is 0 Å². The molecular formula is C12H24S. The van der Waals surface area contributed by atoms with Crippen LogP contribution < -0.4 is 0 Å². The standard InChI is InChI=1S/C12H24S/c1-4-5-6-7-11-9(2)8-12(13)10(11)3/h9-13H,4-8H2,1-3H3. The van der Waals surface area contributed by atoms with Crippen molar-refractivity contribution in [1.82, 2.24) is 0 Å². The monoisotopic (exact) mass is 200 g/mol. The zero-order valence-corrected chi connectivity index (χ0v) is 10.2. The summed E-state index contributed by atoms with van der Waals surface area (Å²) in [5.74, 6) is 2.71. The Kier molecular flexibility index (Phi) is 4.64. The lowest BCUT2D eigenvalue weighted by atomic mass is 9.87. The molecule has 1 rings (SSSR count). The summed E-state index contributed by atoms with van der Waals surface area (Å²) in [7, 11) is 0. The van der Waals surface area contributed by atoms with Crippen LogP contribution in [0.1, 0.15) is 52.9 Å². The van der Waals surface area contributed by atoms with Gasteiger partial charge < -0.3 is 0 Å². The van der Waals surface area contributed by atoms with Gasteiger partial charge in [0.15, 0.2) is 0 Å². The van der Waals surface area contributed by atoms with E-state index in [1.54, 1.807) is 0 Å². The van der Waals surface area contributed by atoms with Gasteiger partial charge in [0, 0.05) is 5.25 Å². The van der Waals surface area contributed by atoms with Gasteiger partial charge in [-0.05, 0) is 30.6 Å². The Morgan fingerprint density at radius 3 is 2.38 bits per heavy atom. The Morgan fingerprint density at radius 1 is 1.23 bits per heavy atom. The highest BCUT2D eigenvalue weighted by molar-refractivity contribution is 7.81. The van der Waals surface area contributed by atoms with Crippen LogP contribution in [-0.4, -0.2) is 5.25 Å². The van der Waals surface area contributed by atoms with Crippen LogP contribution in [-0.2, 0) is 0 Å². The lowest BCUT2D eigenvalue weighted by molar-refractivity contribution is 0.314. The van der Waals surface area contributed by atoms with E-state index in [4.69, 9.17) is 0 Å². The maximum Gasteiger partial charge on any atom is 0.00478 e. The van der Waals surface area contributed by atoms with Crippen LogP contribution >= 0.6 is 12.6 Å². The summed E-state index contributed by atoms with van der Waals surface area (Å²) in [4.78, 5) is 0. The van der Waals surface area contributed by atoms with Crippen LogP contribution in [0.4, 0.5) is 0 Å². The number of rotatable bonds is 4. The van der Waals surface area contributed by atoms with Gasteiger partial charge in [-0.3, -0.25) is 0 Å². The number of thiol groups is 1. The van der Waals surface area contributed by atoms with Gasteiger partial charge in [-0.25, -0.2) is 0 Å². The van der Waals surface area contributed by atoms with Crippen molar-refractivity contribution < 1.29 is 0 Å². The van der Waals surface area contributed by atoms with Crippen molar-refractivity contribution in [3.05, 3.63) is 0 Å². The summed E-state index contributed by atoms with van der Waals surface area (Å²) in [6.45, 7) is 7.07. The van der Waals surface area contributed by atoms with Gasteiger partial charge in [0.25, 0.3) is 0 Å². The van der Waals surface area contributed by atoms with E-state index in [0.717, 1.165) is 17.8 Å². The Hall–Kier alpha value is 0.350. The minimum atomic E-state index is 0.668. The highest BCUT2D eigenvalue weighted by Gasteiger charge is 2.35. The van der Waals surface area contributed by atoms with Gasteiger partial charge in [-0.2, -0.15) is 12.6 Å². The van der Waals surface area contributed by atoms with E-state index in [9.17, 15) is 0 Å². The molecule has 0 heterocycles. The van der Waals surface area contributed by atoms with Crippen molar-refractivity contribution in [3.8, 4) is 0 Å². The van der Waals surface area contributed by atoms with Crippen molar-refractivity contribution >= 4 is 12.6 Å². The SMILES string of the molecule is CCCCCC1C(C)CC(S)C1C. The first-order valence-electron chi connectivity index (χ1n) is 5.84. The molecule has 0 radical (unpaired) electrons. The maximum absolute atomic E-state index is 4.65. The van der Waals surface area contributed by atoms with E-state index in [1.165, 1.54) is 32.1 Å². The fourth-order valence-corrected chi connectivity index (χ4v) is 3.30. The molecule has 0 aromatic rings. The summed E-state index contributed by atoms with van der Waals surface area (Å²) in [6, 6.07) is 0. The average molecular weight is 200 g/mol. The van der Waals surface area contributed by atoms with Crippen LogP contribution in [0.3, 0.4) is 0 Å². The molecule has 0 spiro atoms. The van der Waals surface area contributed by atoms with E-state index < -0.39 is 0 Å². The van der Waals surface area contributed by atoms with Crippen LogP contribution in [0.5, 0.6) is 0 Å². The van der Waals surface area contributed by atoms with E-state index in [2.05, 4.69) is 33.4 Å². The number of unbranched alkanes of at least 4 members (excludes halogenated alkanes) is 2. The second-order valence-corrected chi connectivity index (χ2v) is 5.46. The average Bonchev–Trinajstić information content (AvgIpc) is 2.32. The molecule has 0 N–H and O–H groups in total. The molecule has 4 atom stereocenters. The lowest BCUT2D eigenvalue weighted by Crippen LogP contribution is -2.13. The van der Waals surface area contributed by atoms with Crippen molar-refractivity contribution in [1.29, 1.82) is 0 Å². The predicted octanol–water partition coefficient (Wildman–Crippen LogP) is 4.16. The summed E-state index contributed by atoms with van der Waals surface area (Å²) in [5, 5.41) is 0.668. The Bertz CT molecular complexity index is 144. The van der Waals surface area contributed by atoms with Crippen molar-refractivity contribution in [3.63, 3.8) is 0 Å². The molecule has 1 aliphatic carbocycles. The van der Waals surface area contributed by atoms with E-state index in [0.29, 0.717) is 5.25 Å². The van der Waals surface area contributed by atoms with Gasteiger partial charge in [-0.1, -0.05) is 40.0 Å². The number of hydrogen-bond acceptors (Lipinski definition) is 1. The fourth-order valence-electron chi connectivity index (χ4n) is 2.75. The lowest BCUT2D eigenvalue weighted by Gasteiger charge is -2.20. The van der Waals surface area contributed by atoms with Gasteiger partial charge in [0.05, 0.1) is 0 Å². The van der Waals surface area contributed by atoms with E-state index >= 15 is 0 Å². The third kappa shape index (κ3) is 2.90.